The minimum atomic E-state index is -0.332. The molecule has 6 heterocycles. The molecule has 0 saturated carbocycles. The summed E-state index contributed by atoms with van der Waals surface area (Å²) in [6.45, 7) is 14.5. The van der Waals surface area contributed by atoms with Gasteiger partial charge in [-0.1, -0.05) is 18.6 Å². The van der Waals surface area contributed by atoms with Gasteiger partial charge < -0.3 is 62.1 Å². The molecular weight excluding hydrogens is 1010 g/mol. The molecule has 0 bridgehead atoms. The number of esters is 1. The summed E-state index contributed by atoms with van der Waals surface area (Å²) in [6.07, 6.45) is 7.93. The van der Waals surface area contributed by atoms with Gasteiger partial charge in [-0.15, -0.1) is 0 Å². The molecule has 2 unspecified atom stereocenters. The first kappa shape index (κ1) is 57.5. The molecule has 21 nitrogen and oxygen atoms in total. The monoisotopic (exact) mass is 1080 g/mol. The van der Waals surface area contributed by atoms with Crippen LogP contribution >= 0.6 is 0 Å². The summed E-state index contributed by atoms with van der Waals surface area (Å²) in [5.74, 6) is 1.50. The van der Waals surface area contributed by atoms with Crippen molar-refractivity contribution in [1.82, 2.24) is 24.6 Å². The Bertz CT molecular complexity index is 2640. The van der Waals surface area contributed by atoms with Gasteiger partial charge in [0.05, 0.1) is 133 Å². The molecule has 3 atom stereocenters. The minimum Gasteiger partial charge on any atom is -0.493 e. The SMILES string of the molecule is C/C=C1\C[C@H]2C=Nc3cc(OCc4cc(OCCN(CCCC(=O)OCC)C(=O)CCOCCOCCOCCN5CCOCC5)cc(COc5cc6c(cc5OC)C(=O)N5CC(C)CC5C=N6)n4)c(OC)cc3C(=O)N2C1. The highest BCUT2D eigenvalue weighted by Gasteiger charge is 2.37. The van der Waals surface area contributed by atoms with Gasteiger partial charge in [-0.2, -0.15) is 0 Å². The zero-order valence-corrected chi connectivity index (χ0v) is 45.7. The number of carbonyl (C=O) groups is 4. The molecule has 3 saturated heterocycles. The van der Waals surface area contributed by atoms with Crippen molar-refractivity contribution in [2.75, 3.05) is 126 Å². The molecule has 5 aliphatic rings. The van der Waals surface area contributed by atoms with Crippen LogP contribution in [0.2, 0.25) is 0 Å². The lowest BCUT2D eigenvalue weighted by molar-refractivity contribution is -0.144. The third-order valence-corrected chi connectivity index (χ3v) is 14.1. The van der Waals surface area contributed by atoms with Crippen molar-refractivity contribution in [3.8, 4) is 28.7 Å². The number of allylic oxidation sites excluding steroid dienone is 1. The van der Waals surface area contributed by atoms with Crippen molar-refractivity contribution in [2.24, 2.45) is 15.9 Å². The lowest BCUT2D eigenvalue weighted by Gasteiger charge is -2.26. The van der Waals surface area contributed by atoms with Crippen LogP contribution in [0.15, 0.2) is 58.0 Å². The zero-order valence-electron chi connectivity index (χ0n) is 45.7. The topological polar surface area (TPSA) is 211 Å². The molecule has 0 radical (unpaired) electrons. The van der Waals surface area contributed by atoms with Gasteiger partial charge in [0.25, 0.3) is 11.8 Å². The van der Waals surface area contributed by atoms with E-state index in [1.54, 1.807) is 48.2 Å². The third-order valence-electron chi connectivity index (χ3n) is 14.1. The molecule has 1 aromatic heterocycles. The number of pyridine rings is 1. The molecule has 3 amide bonds. The van der Waals surface area contributed by atoms with Crippen molar-refractivity contribution in [2.45, 2.75) is 78.2 Å². The molecule has 8 rings (SSSR count). The fourth-order valence-electron chi connectivity index (χ4n) is 9.96. The van der Waals surface area contributed by atoms with E-state index >= 15 is 0 Å². The first-order valence-electron chi connectivity index (χ1n) is 27.2. The number of morpholine rings is 1. The maximum absolute atomic E-state index is 13.8. The predicted molar refractivity (Wildman–Crippen MR) is 289 cm³/mol. The van der Waals surface area contributed by atoms with Crippen LogP contribution < -0.4 is 23.7 Å². The fraction of sp³-hybridized carbons (Fsp3) is 0.561. The number of carbonyl (C=O) groups excluding carboxylic acids is 4. The van der Waals surface area contributed by atoms with Gasteiger partial charge in [-0.3, -0.25) is 39.0 Å². The smallest absolute Gasteiger partial charge is 0.305 e. The number of ether oxygens (including phenoxy) is 10. The maximum atomic E-state index is 13.8. The van der Waals surface area contributed by atoms with E-state index in [2.05, 4.69) is 11.8 Å². The average molecular weight is 1080 g/mol. The Balaban J connectivity index is 0.929. The van der Waals surface area contributed by atoms with Crippen molar-refractivity contribution >= 4 is 47.5 Å². The number of hydrogen-bond acceptors (Lipinski definition) is 18. The number of aromatic nitrogens is 1. The van der Waals surface area contributed by atoms with E-state index in [4.69, 9.17) is 62.3 Å². The Kier molecular flexibility index (Phi) is 21.3. The number of methoxy groups -OCH3 is 2. The van der Waals surface area contributed by atoms with E-state index in [1.165, 1.54) is 19.8 Å². The van der Waals surface area contributed by atoms with E-state index in [0.717, 1.165) is 45.7 Å². The van der Waals surface area contributed by atoms with Crippen LogP contribution in [0.3, 0.4) is 0 Å². The standard InChI is InChI=1S/C57H75N7O14/c1-6-40-26-44-34-59-49-32-53(51(70-5)30-47(49)57(68)64(44)36-40)78-38-42-28-45(27-41(60-42)37-77-52-31-48-46(29-50(52)69-4)56(67)63-35-39(3)25-43(63)33-58-48)76-20-15-62(11-8-9-55(66)75-7-2)54(65)10-16-71-21-23-74-24-22-73-19-14-61-12-17-72-18-13-61/h6,27-34,39,43-44H,7-26,35-38H2,1-5H3/b40-6+/t39?,43?,44-/m0/s1. The van der Waals surface area contributed by atoms with E-state index in [0.29, 0.717) is 128 Å². The lowest BCUT2D eigenvalue weighted by atomic mass is 10.1. The highest BCUT2D eigenvalue weighted by Crippen LogP contribution is 2.41. The molecule has 3 fully saturated rings. The van der Waals surface area contributed by atoms with E-state index < -0.39 is 0 Å². The summed E-state index contributed by atoms with van der Waals surface area (Å²) in [5, 5.41) is 0. The van der Waals surface area contributed by atoms with Crippen LogP contribution in [0, 0.1) is 5.92 Å². The van der Waals surface area contributed by atoms with E-state index in [1.807, 2.05) is 35.2 Å². The van der Waals surface area contributed by atoms with Gasteiger partial charge in [0.15, 0.2) is 23.0 Å². The number of benzene rings is 2. The minimum absolute atomic E-state index is 0.0402. The summed E-state index contributed by atoms with van der Waals surface area (Å²) >= 11 is 0. The molecule has 21 heteroatoms. The molecule has 3 aromatic rings. The Labute approximate surface area is 456 Å². The normalized spacial score (nSPS) is 19.2. The van der Waals surface area contributed by atoms with Crippen molar-refractivity contribution in [3.63, 3.8) is 0 Å². The lowest BCUT2D eigenvalue weighted by Crippen LogP contribution is -2.38. The van der Waals surface area contributed by atoms with Crippen LogP contribution in [-0.2, 0) is 46.5 Å². The van der Waals surface area contributed by atoms with Gasteiger partial charge in [0, 0.05) is 82.4 Å². The first-order chi connectivity index (χ1) is 38.0. The van der Waals surface area contributed by atoms with Gasteiger partial charge in [0.1, 0.15) is 25.6 Å². The number of aliphatic imine (C=N–C) groups is 2. The predicted octanol–water partition coefficient (Wildman–Crippen LogP) is 6.02. The highest BCUT2D eigenvalue weighted by atomic mass is 16.5. The van der Waals surface area contributed by atoms with Crippen molar-refractivity contribution < 1.29 is 66.5 Å². The van der Waals surface area contributed by atoms with E-state index in [-0.39, 0.29) is 88.2 Å². The van der Waals surface area contributed by atoms with Crippen LogP contribution in [-0.4, -0.2) is 199 Å². The number of nitrogens with zero attached hydrogens (tertiary/aromatic N) is 7. The van der Waals surface area contributed by atoms with Crippen molar-refractivity contribution in [3.05, 3.63) is 70.6 Å². The largest absolute Gasteiger partial charge is 0.493 e. The second-order valence-electron chi connectivity index (χ2n) is 19.7. The summed E-state index contributed by atoms with van der Waals surface area (Å²) in [5.41, 5.74) is 3.93. The Morgan fingerprint density at radius 3 is 1.97 bits per heavy atom. The molecule has 2 aromatic carbocycles. The molecule has 0 N–H and O–H groups in total. The van der Waals surface area contributed by atoms with Gasteiger partial charge in [0.2, 0.25) is 5.91 Å². The molecule has 78 heavy (non-hydrogen) atoms. The zero-order chi connectivity index (χ0) is 54.8. The van der Waals surface area contributed by atoms with Gasteiger partial charge in [-0.25, -0.2) is 0 Å². The number of fused-ring (bicyclic) bond motifs is 4. The number of hydrogen-bond donors (Lipinski definition) is 0. The average Bonchev–Trinajstić information content (AvgIpc) is 4.15. The van der Waals surface area contributed by atoms with Crippen LogP contribution in [0.5, 0.6) is 28.7 Å². The summed E-state index contributed by atoms with van der Waals surface area (Å²) in [7, 11) is 3.03. The molecular formula is C57H75N7O14. The summed E-state index contributed by atoms with van der Waals surface area (Å²) < 4.78 is 58.3. The number of amides is 3. The quantitative estimate of drug-likeness (QED) is 0.0442. The summed E-state index contributed by atoms with van der Waals surface area (Å²) in [6, 6.07) is 10.00. The second kappa shape index (κ2) is 28.8. The molecule has 0 aliphatic carbocycles. The van der Waals surface area contributed by atoms with Crippen LogP contribution in [0.4, 0.5) is 11.4 Å². The highest BCUT2D eigenvalue weighted by molar-refractivity contribution is 6.04. The van der Waals surface area contributed by atoms with E-state index in [9.17, 15) is 19.2 Å². The maximum Gasteiger partial charge on any atom is 0.305 e. The molecule has 5 aliphatic heterocycles. The molecule has 422 valence electrons. The Morgan fingerprint density at radius 2 is 1.35 bits per heavy atom. The van der Waals surface area contributed by atoms with Crippen molar-refractivity contribution in [1.29, 1.82) is 0 Å². The fourth-order valence-corrected chi connectivity index (χ4v) is 9.96. The summed E-state index contributed by atoms with van der Waals surface area (Å²) in [4.78, 5) is 75.4. The van der Waals surface area contributed by atoms with Gasteiger partial charge in [-0.05, 0) is 51.2 Å². The Hall–Kier alpha value is -6.65. The third kappa shape index (κ3) is 15.5. The molecule has 0 spiro atoms. The van der Waals surface area contributed by atoms with Crippen LogP contribution in [0.1, 0.15) is 85.0 Å². The number of rotatable bonds is 29. The van der Waals surface area contributed by atoms with Crippen LogP contribution in [0.25, 0.3) is 0 Å². The Morgan fingerprint density at radius 1 is 0.731 bits per heavy atom. The first-order valence-corrected chi connectivity index (χ1v) is 27.2. The second-order valence-corrected chi connectivity index (χ2v) is 19.7. The van der Waals surface area contributed by atoms with Gasteiger partial charge >= 0.3 is 5.97 Å².